The average Bonchev–Trinajstić information content (AvgIpc) is 3.47. The van der Waals surface area contributed by atoms with Crippen LogP contribution in [0, 0.1) is 5.92 Å². The molecule has 1 saturated heterocycles. The number of amides is 1. The van der Waals surface area contributed by atoms with Gasteiger partial charge in [0.15, 0.2) is 0 Å². The maximum atomic E-state index is 14.1. The normalized spacial score (nSPS) is 18.5. The third kappa shape index (κ3) is 5.59. The van der Waals surface area contributed by atoms with Crippen LogP contribution in [-0.4, -0.2) is 30.2 Å². The molecule has 5 rings (SSSR count). The molecule has 4 nitrogen and oxygen atoms in total. The highest BCUT2D eigenvalue weighted by molar-refractivity contribution is 5.82. The van der Waals surface area contributed by atoms with E-state index in [-0.39, 0.29) is 30.6 Å². The summed E-state index contributed by atoms with van der Waals surface area (Å²) in [7, 11) is 0. The molecule has 2 unspecified atom stereocenters. The number of nitrogens with zero attached hydrogens (tertiary/aromatic N) is 1. The topological polar surface area (TPSA) is 38.8 Å². The molecule has 180 valence electrons. The van der Waals surface area contributed by atoms with Crippen molar-refractivity contribution in [2.75, 3.05) is 13.3 Å². The molecule has 0 saturated carbocycles. The molecule has 4 heteroatoms. The zero-order chi connectivity index (χ0) is 23.9. The molecule has 2 heterocycles. The molecule has 2 aliphatic rings. The van der Waals surface area contributed by atoms with Crippen molar-refractivity contribution in [1.82, 2.24) is 4.90 Å². The molecular formula is C31H33NO3. The van der Waals surface area contributed by atoms with Gasteiger partial charge in [-0.05, 0) is 48.8 Å². The van der Waals surface area contributed by atoms with Crippen LogP contribution in [0.25, 0.3) is 0 Å². The second-order valence-electron chi connectivity index (χ2n) is 9.48. The molecule has 1 amide bonds. The van der Waals surface area contributed by atoms with Crippen LogP contribution in [0.15, 0.2) is 103 Å². The number of likely N-dealkylation sites (tertiary alicyclic amines) is 1. The molecule has 3 aromatic carbocycles. The monoisotopic (exact) mass is 467 g/mol. The van der Waals surface area contributed by atoms with Crippen LogP contribution in [-0.2, 0) is 20.7 Å². The Bertz CT molecular complexity index is 1070. The van der Waals surface area contributed by atoms with E-state index in [0.717, 1.165) is 37.8 Å². The first kappa shape index (κ1) is 23.2. The fraction of sp³-hybridized carbons (Fsp3) is 0.323. The van der Waals surface area contributed by atoms with Crippen LogP contribution in [0.5, 0.6) is 0 Å². The van der Waals surface area contributed by atoms with Gasteiger partial charge in [-0.1, -0.05) is 91.0 Å². The molecule has 0 spiro atoms. The number of hydrogen-bond donors (Lipinski definition) is 0. The van der Waals surface area contributed by atoms with Gasteiger partial charge in [-0.3, -0.25) is 4.79 Å². The van der Waals surface area contributed by atoms with E-state index < -0.39 is 0 Å². The van der Waals surface area contributed by atoms with Gasteiger partial charge in [-0.2, -0.15) is 0 Å². The van der Waals surface area contributed by atoms with Gasteiger partial charge in [-0.25, -0.2) is 0 Å². The van der Waals surface area contributed by atoms with Crippen molar-refractivity contribution in [2.24, 2.45) is 5.92 Å². The number of carbonyl (C=O) groups is 1. The van der Waals surface area contributed by atoms with Crippen LogP contribution in [0.2, 0.25) is 0 Å². The molecule has 0 bridgehead atoms. The highest BCUT2D eigenvalue weighted by atomic mass is 16.7. The number of ether oxygens (including phenoxy) is 2. The van der Waals surface area contributed by atoms with Crippen molar-refractivity contribution in [3.63, 3.8) is 0 Å². The van der Waals surface area contributed by atoms with E-state index in [1.54, 1.807) is 6.26 Å². The van der Waals surface area contributed by atoms with E-state index in [1.165, 1.54) is 11.1 Å². The van der Waals surface area contributed by atoms with Crippen LogP contribution < -0.4 is 0 Å². The van der Waals surface area contributed by atoms with Crippen molar-refractivity contribution in [3.8, 4) is 0 Å². The fourth-order valence-corrected chi connectivity index (χ4v) is 5.44. The summed E-state index contributed by atoms with van der Waals surface area (Å²) in [4.78, 5) is 16.2. The largest absolute Gasteiger partial charge is 0.462 e. The van der Waals surface area contributed by atoms with Crippen LogP contribution in [0.1, 0.15) is 48.3 Å². The molecular weight excluding hydrogens is 434 g/mol. The molecule has 2 atom stereocenters. The minimum absolute atomic E-state index is 0.148. The smallest absolute Gasteiger partial charge is 0.234 e. The summed E-state index contributed by atoms with van der Waals surface area (Å²) < 4.78 is 11.1. The van der Waals surface area contributed by atoms with E-state index in [0.29, 0.717) is 12.2 Å². The van der Waals surface area contributed by atoms with E-state index in [4.69, 9.17) is 9.47 Å². The van der Waals surface area contributed by atoms with Gasteiger partial charge >= 0.3 is 0 Å². The quantitative estimate of drug-likeness (QED) is 0.391. The van der Waals surface area contributed by atoms with E-state index in [9.17, 15) is 4.79 Å². The summed E-state index contributed by atoms with van der Waals surface area (Å²) in [5, 5.41) is 0. The number of piperidine rings is 1. The third-order valence-corrected chi connectivity index (χ3v) is 7.24. The Kier molecular flexibility index (Phi) is 7.47. The Balaban J connectivity index is 1.42. The Morgan fingerprint density at radius 2 is 1.49 bits per heavy atom. The predicted octanol–water partition coefficient (Wildman–Crippen LogP) is 6.29. The summed E-state index contributed by atoms with van der Waals surface area (Å²) in [5.41, 5.74) is 3.72. The second kappa shape index (κ2) is 11.3. The Hall–Kier alpha value is -3.53. The number of rotatable bonds is 8. The first-order valence-corrected chi connectivity index (χ1v) is 12.7. The average molecular weight is 468 g/mol. The minimum Gasteiger partial charge on any atom is -0.462 e. The predicted molar refractivity (Wildman–Crippen MR) is 137 cm³/mol. The first-order chi connectivity index (χ1) is 17.3. The fourth-order valence-electron chi connectivity index (χ4n) is 5.44. The molecule has 1 fully saturated rings. The van der Waals surface area contributed by atoms with Gasteiger partial charge in [0.1, 0.15) is 17.9 Å². The van der Waals surface area contributed by atoms with Crippen molar-refractivity contribution in [3.05, 3.63) is 120 Å². The van der Waals surface area contributed by atoms with Crippen molar-refractivity contribution in [1.29, 1.82) is 0 Å². The van der Waals surface area contributed by atoms with Crippen LogP contribution in [0.4, 0.5) is 0 Å². The maximum Gasteiger partial charge on any atom is 0.234 e. The molecule has 0 aliphatic carbocycles. The summed E-state index contributed by atoms with van der Waals surface area (Å²) in [6.45, 7) is 0.973. The van der Waals surface area contributed by atoms with Gasteiger partial charge in [0.2, 0.25) is 12.7 Å². The number of hydrogen-bond acceptors (Lipinski definition) is 3. The lowest BCUT2D eigenvalue weighted by Gasteiger charge is -2.39. The molecule has 0 aromatic heterocycles. The van der Waals surface area contributed by atoms with Gasteiger partial charge < -0.3 is 14.4 Å². The lowest BCUT2D eigenvalue weighted by atomic mass is 9.82. The second-order valence-corrected chi connectivity index (χ2v) is 9.48. The summed E-state index contributed by atoms with van der Waals surface area (Å²) >= 11 is 0. The van der Waals surface area contributed by atoms with Crippen molar-refractivity contribution >= 4 is 5.91 Å². The maximum absolute atomic E-state index is 14.1. The van der Waals surface area contributed by atoms with E-state index in [1.807, 2.05) is 18.2 Å². The lowest BCUT2D eigenvalue weighted by Crippen LogP contribution is -2.48. The standard InChI is InChI=1S/C31H33NO3/c33-31(29(30-22-34-23-35-30)20-24-12-4-1-5-13-24)32-19-11-10-18-27(32)21-28(25-14-6-2-7-15-25)26-16-8-3-9-17-26/h1-9,12-17,22,27-29H,10-11,18-21,23H2. The molecule has 3 aromatic rings. The molecule has 0 radical (unpaired) electrons. The summed E-state index contributed by atoms with van der Waals surface area (Å²) in [6.07, 6.45) is 6.36. The van der Waals surface area contributed by atoms with Crippen LogP contribution >= 0.6 is 0 Å². The van der Waals surface area contributed by atoms with Gasteiger partial charge in [0.25, 0.3) is 0 Å². The zero-order valence-electron chi connectivity index (χ0n) is 20.1. The molecule has 0 N–H and O–H groups in total. The van der Waals surface area contributed by atoms with Gasteiger partial charge in [0.05, 0.1) is 0 Å². The number of carbonyl (C=O) groups excluding carboxylic acids is 1. The summed E-state index contributed by atoms with van der Waals surface area (Å²) in [5.74, 6) is 0.669. The summed E-state index contributed by atoms with van der Waals surface area (Å²) in [6, 6.07) is 31.8. The molecule has 35 heavy (non-hydrogen) atoms. The van der Waals surface area contributed by atoms with Crippen molar-refractivity contribution in [2.45, 2.75) is 44.1 Å². The molecule has 2 aliphatic heterocycles. The van der Waals surface area contributed by atoms with E-state index in [2.05, 4.69) is 77.7 Å². The highest BCUT2D eigenvalue weighted by Gasteiger charge is 2.36. The van der Waals surface area contributed by atoms with Crippen molar-refractivity contribution < 1.29 is 14.3 Å². The Morgan fingerprint density at radius 1 is 0.857 bits per heavy atom. The highest BCUT2D eigenvalue weighted by Crippen LogP contribution is 2.35. The van der Waals surface area contributed by atoms with E-state index >= 15 is 0 Å². The van der Waals surface area contributed by atoms with Crippen LogP contribution in [0.3, 0.4) is 0 Å². The zero-order valence-corrected chi connectivity index (χ0v) is 20.1. The number of benzene rings is 3. The SMILES string of the molecule is O=C(C(Cc1ccccc1)C1=COCO1)N1CCCCC1CC(c1ccccc1)c1ccccc1. The van der Waals surface area contributed by atoms with Gasteiger partial charge in [-0.15, -0.1) is 0 Å². The first-order valence-electron chi connectivity index (χ1n) is 12.7. The minimum atomic E-state index is -0.368. The Labute approximate surface area is 208 Å². The lowest BCUT2D eigenvalue weighted by molar-refractivity contribution is -0.139. The van der Waals surface area contributed by atoms with Gasteiger partial charge in [0, 0.05) is 18.5 Å². The Morgan fingerprint density at radius 3 is 2.09 bits per heavy atom. The third-order valence-electron chi connectivity index (χ3n) is 7.24.